The van der Waals surface area contributed by atoms with Crippen LogP contribution < -0.4 is 9.47 Å². The van der Waals surface area contributed by atoms with Crippen LogP contribution in [0.1, 0.15) is 126 Å². The summed E-state index contributed by atoms with van der Waals surface area (Å²) in [6.45, 7) is 4.23. The number of carbonyl (C=O) groups excluding carboxylic acids is 5. The third-order valence-electron chi connectivity index (χ3n) is 11.3. The van der Waals surface area contributed by atoms with Crippen LogP contribution in [0.25, 0.3) is 0 Å². The topological polar surface area (TPSA) is 122 Å². The molecule has 0 N–H and O–H groups in total. The largest absolute Gasteiger partial charge is 0.459 e. The van der Waals surface area contributed by atoms with Gasteiger partial charge in [-0.05, 0) is 112 Å². The van der Waals surface area contributed by atoms with Gasteiger partial charge in [0.2, 0.25) is 0 Å². The Bertz CT molecular complexity index is 2000. The number of aryl methyl sites for hydroxylation is 2. The van der Waals surface area contributed by atoms with Gasteiger partial charge < -0.3 is 18.9 Å². The lowest BCUT2D eigenvalue weighted by molar-refractivity contribution is -0.141. The molecule has 3 aromatic rings. The van der Waals surface area contributed by atoms with Crippen LogP contribution in [0.3, 0.4) is 0 Å². The first-order valence-electron chi connectivity index (χ1n) is 20.4. The normalized spacial score (nSPS) is 21.8. The Morgan fingerprint density at radius 2 is 1.04 bits per heavy atom. The van der Waals surface area contributed by atoms with Crippen LogP contribution in [0.5, 0.6) is 11.5 Å². The average Bonchev–Trinajstić information content (AvgIpc) is 3.89. The molecular formula is C46H50O9S2. The van der Waals surface area contributed by atoms with E-state index in [2.05, 4.69) is 13.8 Å². The number of hydrogen-bond donors (Lipinski definition) is 0. The highest BCUT2D eigenvalue weighted by atomic mass is 32.2. The predicted molar refractivity (Wildman–Crippen MR) is 221 cm³/mol. The summed E-state index contributed by atoms with van der Waals surface area (Å²) in [7, 11) is 0. The predicted octanol–water partition coefficient (Wildman–Crippen LogP) is 9.66. The number of thioether (sulfide) groups is 2. The first-order valence-corrected chi connectivity index (χ1v) is 22.4. The summed E-state index contributed by atoms with van der Waals surface area (Å²) in [5.41, 5.74) is 4.87. The van der Waals surface area contributed by atoms with Crippen molar-refractivity contribution in [2.45, 2.75) is 110 Å². The highest BCUT2D eigenvalue weighted by molar-refractivity contribution is 8.25. The Hall–Kier alpha value is -4.35. The fourth-order valence-corrected chi connectivity index (χ4v) is 10.7. The van der Waals surface area contributed by atoms with Crippen molar-refractivity contribution in [2.75, 3.05) is 11.5 Å². The molecule has 7 rings (SSSR count). The highest BCUT2D eigenvalue weighted by Gasteiger charge is 2.38. The zero-order chi connectivity index (χ0) is 39.9. The van der Waals surface area contributed by atoms with E-state index in [1.807, 2.05) is 24.3 Å². The SMILES string of the molecule is CCCc1ccc(C(=O)OC2CCC(C(=O)Oc3ccc(OC(=O)C4CCC(OC(=O)c5ccc(CCC)cc5)CC4)c4c3CC(=C3SCCS3)C4=O)CC2)cc1. The van der Waals surface area contributed by atoms with Gasteiger partial charge in [-0.1, -0.05) is 51.0 Å². The van der Waals surface area contributed by atoms with Crippen molar-refractivity contribution >= 4 is 53.2 Å². The maximum atomic E-state index is 14.0. The molecule has 3 aliphatic carbocycles. The van der Waals surface area contributed by atoms with Gasteiger partial charge in [0.25, 0.3) is 0 Å². The number of esters is 4. The number of allylic oxidation sites excluding steroid dienone is 1. The summed E-state index contributed by atoms with van der Waals surface area (Å²) in [5.74, 6) is -0.234. The van der Waals surface area contributed by atoms with Gasteiger partial charge in [0.05, 0.1) is 28.5 Å². The average molecular weight is 811 g/mol. The van der Waals surface area contributed by atoms with Crippen molar-refractivity contribution in [1.82, 2.24) is 0 Å². The molecule has 0 unspecified atom stereocenters. The second kappa shape index (κ2) is 18.9. The molecule has 3 aromatic carbocycles. The van der Waals surface area contributed by atoms with E-state index in [0.29, 0.717) is 79.4 Å². The molecule has 1 heterocycles. The molecule has 2 saturated carbocycles. The maximum absolute atomic E-state index is 14.0. The van der Waals surface area contributed by atoms with Gasteiger partial charge in [-0.3, -0.25) is 14.4 Å². The molecule has 57 heavy (non-hydrogen) atoms. The summed E-state index contributed by atoms with van der Waals surface area (Å²) < 4.78 is 24.5. The second-order valence-electron chi connectivity index (χ2n) is 15.4. The van der Waals surface area contributed by atoms with Crippen LogP contribution in [-0.4, -0.2) is 53.4 Å². The number of ether oxygens (including phenoxy) is 4. The molecule has 0 bridgehead atoms. The number of rotatable bonds is 12. The third-order valence-corrected chi connectivity index (χ3v) is 14.1. The van der Waals surface area contributed by atoms with Gasteiger partial charge in [0.1, 0.15) is 23.7 Å². The van der Waals surface area contributed by atoms with Crippen LogP contribution in [0, 0.1) is 11.8 Å². The zero-order valence-electron chi connectivity index (χ0n) is 32.7. The molecule has 1 aliphatic heterocycles. The Morgan fingerprint density at radius 1 is 0.596 bits per heavy atom. The quantitative estimate of drug-likeness (QED) is 0.0988. The van der Waals surface area contributed by atoms with E-state index < -0.39 is 11.9 Å². The minimum absolute atomic E-state index is 0.172. The minimum Gasteiger partial charge on any atom is -0.459 e. The van der Waals surface area contributed by atoms with Gasteiger partial charge in [0.15, 0.2) is 5.78 Å². The molecule has 4 aliphatic rings. The van der Waals surface area contributed by atoms with E-state index in [0.717, 1.165) is 41.4 Å². The van der Waals surface area contributed by atoms with Gasteiger partial charge in [-0.15, -0.1) is 23.5 Å². The molecule has 300 valence electrons. The number of carbonyl (C=O) groups is 5. The van der Waals surface area contributed by atoms with Crippen molar-refractivity contribution in [1.29, 1.82) is 0 Å². The zero-order valence-corrected chi connectivity index (χ0v) is 34.3. The van der Waals surface area contributed by atoms with Crippen LogP contribution in [-0.2, 0) is 38.3 Å². The lowest BCUT2D eigenvalue weighted by atomic mass is 9.87. The summed E-state index contributed by atoms with van der Waals surface area (Å²) in [6, 6.07) is 18.2. The number of ketones is 1. The first kappa shape index (κ1) is 40.8. The molecule has 1 saturated heterocycles. The van der Waals surface area contributed by atoms with Crippen molar-refractivity contribution in [3.05, 3.63) is 104 Å². The van der Waals surface area contributed by atoms with Crippen molar-refractivity contribution in [3.8, 4) is 11.5 Å². The molecule has 3 fully saturated rings. The molecule has 0 atom stereocenters. The Balaban J connectivity index is 0.961. The third kappa shape index (κ3) is 9.86. The monoisotopic (exact) mass is 810 g/mol. The molecule has 11 heteroatoms. The molecule has 9 nitrogen and oxygen atoms in total. The van der Waals surface area contributed by atoms with Gasteiger partial charge in [-0.2, -0.15) is 0 Å². The summed E-state index contributed by atoms with van der Waals surface area (Å²) in [5, 5.41) is 0. The summed E-state index contributed by atoms with van der Waals surface area (Å²) in [4.78, 5) is 66.7. The van der Waals surface area contributed by atoms with E-state index in [1.165, 1.54) is 11.1 Å². The standard InChI is InChI=1S/C46H50O9S2/c1-3-5-28-7-11-30(12-8-28)42(48)52-34-19-15-32(16-20-34)44(50)54-38-23-24-39(40-36(38)27-37(41(40)47)46-56-25-26-57-46)55-45(51)33-17-21-35(22-18-33)53-43(49)31-13-9-29(6-4-2)10-14-31/h7-14,23-24,32-35H,3-6,15-22,25-27H2,1-2H3. The van der Waals surface area contributed by atoms with Gasteiger partial charge >= 0.3 is 23.9 Å². The molecule has 0 spiro atoms. The Kier molecular flexibility index (Phi) is 13.6. The van der Waals surface area contributed by atoms with E-state index in [4.69, 9.17) is 18.9 Å². The van der Waals surface area contributed by atoms with E-state index in [9.17, 15) is 24.0 Å². The van der Waals surface area contributed by atoms with E-state index in [1.54, 1.807) is 59.9 Å². The lowest BCUT2D eigenvalue weighted by Crippen LogP contribution is -2.30. The van der Waals surface area contributed by atoms with Crippen LogP contribution in [0.4, 0.5) is 0 Å². The van der Waals surface area contributed by atoms with E-state index in [-0.39, 0.29) is 59.6 Å². The minimum atomic E-state index is -0.428. The summed E-state index contributed by atoms with van der Waals surface area (Å²) in [6.07, 6.45) is 7.90. The molecule has 0 amide bonds. The fourth-order valence-electron chi connectivity index (χ4n) is 8.12. The lowest BCUT2D eigenvalue weighted by Gasteiger charge is -2.27. The highest BCUT2D eigenvalue weighted by Crippen LogP contribution is 2.47. The Morgan fingerprint density at radius 3 is 1.49 bits per heavy atom. The van der Waals surface area contributed by atoms with Crippen LogP contribution >= 0.6 is 23.5 Å². The maximum Gasteiger partial charge on any atom is 0.338 e. The van der Waals surface area contributed by atoms with Crippen molar-refractivity contribution < 1.29 is 42.9 Å². The van der Waals surface area contributed by atoms with E-state index >= 15 is 0 Å². The van der Waals surface area contributed by atoms with Gasteiger partial charge in [-0.25, -0.2) is 9.59 Å². The number of hydrogen-bond acceptors (Lipinski definition) is 11. The van der Waals surface area contributed by atoms with Crippen LogP contribution in [0.2, 0.25) is 0 Å². The van der Waals surface area contributed by atoms with Crippen molar-refractivity contribution in [3.63, 3.8) is 0 Å². The number of Topliss-reactive ketones (excluding diaryl/α,β-unsaturated/α-hetero) is 1. The van der Waals surface area contributed by atoms with Gasteiger partial charge in [0, 0.05) is 33.3 Å². The summed E-state index contributed by atoms with van der Waals surface area (Å²) >= 11 is 3.29. The first-order chi connectivity index (χ1) is 27.7. The number of benzene rings is 3. The number of fused-ring (bicyclic) bond motifs is 1. The molecule has 0 aromatic heterocycles. The molecular weight excluding hydrogens is 761 g/mol. The molecule has 0 radical (unpaired) electrons. The second-order valence-corrected chi connectivity index (χ2v) is 17.8. The fraction of sp³-hybridized carbons (Fsp3) is 0.457. The van der Waals surface area contributed by atoms with Crippen LogP contribution in [0.15, 0.2) is 70.5 Å². The Labute approximate surface area is 343 Å². The smallest absolute Gasteiger partial charge is 0.338 e. The van der Waals surface area contributed by atoms with Crippen molar-refractivity contribution in [2.24, 2.45) is 11.8 Å².